The Morgan fingerprint density at radius 1 is 1.21 bits per heavy atom. The highest BCUT2D eigenvalue weighted by molar-refractivity contribution is 7.15. The van der Waals surface area contributed by atoms with Crippen molar-refractivity contribution in [2.24, 2.45) is 0 Å². The smallest absolute Gasteiger partial charge is 0.312 e. The zero-order valence-corrected chi connectivity index (χ0v) is 15.6. The Labute approximate surface area is 166 Å². The fourth-order valence-electron chi connectivity index (χ4n) is 2.74. The van der Waals surface area contributed by atoms with Crippen LogP contribution >= 0.6 is 22.9 Å². The van der Waals surface area contributed by atoms with Crippen LogP contribution in [0.1, 0.15) is 22.5 Å². The first kappa shape index (κ1) is 18.6. The van der Waals surface area contributed by atoms with Crippen molar-refractivity contribution in [3.63, 3.8) is 0 Å². The van der Waals surface area contributed by atoms with Crippen molar-refractivity contribution < 1.29 is 23.8 Å². The van der Waals surface area contributed by atoms with Gasteiger partial charge < -0.3 is 19.9 Å². The van der Waals surface area contributed by atoms with Gasteiger partial charge in [-0.1, -0.05) is 29.8 Å². The number of nitrogens with one attached hydrogen (secondary N) is 1. The average Bonchev–Trinajstić information content (AvgIpc) is 3.27. The van der Waals surface area contributed by atoms with Crippen molar-refractivity contribution in [1.82, 2.24) is 4.98 Å². The molecular weight excluding hydrogens is 407 g/mol. The molecule has 0 saturated heterocycles. The summed E-state index contributed by atoms with van der Waals surface area (Å²) in [5.41, 5.74) is 1.45. The van der Waals surface area contributed by atoms with Crippen molar-refractivity contribution in [2.75, 3.05) is 5.32 Å². The van der Waals surface area contributed by atoms with Crippen LogP contribution in [0.4, 0.5) is 9.39 Å². The van der Waals surface area contributed by atoms with E-state index < -0.39 is 18.0 Å². The van der Waals surface area contributed by atoms with Gasteiger partial charge in [0.2, 0.25) is 0 Å². The summed E-state index contributed by atoms with van der Waals surface area (Å²) in [6.45, 7) is 0. The van der Waals surface area contributed by atoms with E-state index in [2.05, 4.69) is 10.3 Å². The molecule has 0 unspecified atom stereocenters. The van der Waals surface area contributed by atoms with Gasteiger partial charge in [0.15, 0.2) is 17.7 Å². The predicted molar refractivity (Wildman–Crippen MR) is 104 cm³/mol. The van der Waals surface area contributed by atoms with Crippen LogP contribution in [0, 0.1) is 5.82 Å². The molecule has 2 aromatic carbocycles. The number of fused-ring (bicyclic) bond motifs is 1. The predicted octanol–water partition coefficient (Wildman–Crippen LogP) is 4.58. The lowest BCUT2D eigenvalue weighted by Crippen LogP contribution is -2.13. The highest BCUT2D eigenvalue weighted by atomic mass is 35.5. The number of aliphatic hydroxyl groups is 2. The molecule has 142 valence electrons. The average molecular weight is 419 g/mol. The fourth-order valence-corrected chi connectivity index (χ4v) is 3.86. The summed E-state index contributed by atoms with van der Waals surface area (Å²) in [5, 5.41) is 24.6. The molecule has 2 heterocycles. The minimum Gasteiger partial charge on any atom is -0.432 e. The number of oxazole rings is 1. The largest absolute Gasteiger partial charge is 0.432 e. The molecule has 6 nitrogen and oxygen atoms in total. The molecule has 0 spiro atoms. The lowest BCUT2D eigenvalue weighted by molar-refractivity contribution is -0.0411. The Balaban J connectivity index is 1.68. The van der Waals surface area contributed by atoms with Crippen LogP contribution in [-0.2, 0) is 0 Å². The molecule has 2 aromatic heterocycles. The van der Waals surface area contributed by atoms with E-state index in [0.29, 0.717) is 16.1 Å². The van der Waals surface area contributed by atoms with E-state index >= 15 is 0 Å². The molecule has 0 bridgehead atoms. The van der Waals surface area contributed by atoms with E-state index in [1.165, 1.54) is 18.2 Å². The van der Waals surface area contributed by atoms with Crippen LogP contribution in [0.5, 0.6) is 0 Å². The van der Waals surface area contributed by atoms with Crippen molar-refractivity contribution in [3.05, 3.63) is 70.1 Å². The molecule has 0 aliphatic rings. The second-order valence-electron chi connectivity index (χ2n) is 5.83. The number of hydrogen-bond acceptors (Lipinski definition) is 6. The van der Waals surface area contributed by atoms with Crippen LogP contribution < -0.4 is 5.32 Å². The molecule has 0 aliphatic carbocycles. The number of aliphatic hydroxyl groups excluding tert-OH is 1. The van der Waals surface area contributed by atoms with Crippen molar-refractivity contribution in [1.29, 1.82) is 0 Å². The summed E-state index contributed by atoms with van der Waals surface area (Å²) in [4.78, 5) is 16.4. The molecule has 3 N–H and O–H groups in total. The summed E-state index contributed by atoms with van der Waals surface area (Å²) in [5.74, 6) is -1.67. The zero-order valence-electron chi connectivity index (χ0n) is 14.0. The number of carbonyl (C=O) groups excluding carboxylic acids is 1. The van der Waals surface area contributed by atoms with E-state index in [-0.39, 0.29) is 27.6 Å². The summed E-state index contributed by atoms with van der Waals surface area (Å²) in [6.07, 6.45) is -1.83. The van der Waals surface area contributed by atoms with Crippen molar-refractivity contribution in [3.8, 4) is 11.1 Å². The Bertz CT molecular complexity index is 1170. The molecule has 4 aromatic rings. The van der Waals surface area contributed by atoms with E-state index in [1.54, 1.807) is 29.6 Å². The van der Waals surface area contributed by atoms with Gasteiger partial charge in [-0.15, -0.1) is 11.3 Å². The van der Waals surface area contributed by atoms with E-state index in [9.17, 15) is 19.4 Å². The lowest BCUT2D eigenvalue weighted by atomic mass is 10.0. The molecule has 0 saturated carbocycles. The van der Waals surface area contributed by atoms with E-state index in [4.69, 9.17) is 16.0 Å². The van der Waals surface area contributed by atoms with Gasteiger partial charge in [0, 0.05) is 21.5 Å². The normalized spacial score (nSPS) is 11.3. The van der Waals surface area contributed by atoms with Gasteiger partial charge in [-0.3, -0.25) is 4.79 Å². The van der Waals surface area contributed by atoms with Gasteiger partial charge in [0.1, 0.15) is 10.5 Å². The van der Waals surface area contributed by atoms with E-state index in [1.807, 2.05) is 0 Å². The van der Waals surface area contributed by atoms with Crippen LogP contribution in [-0.4, -0.2) is 21.1 Å². The highest BCUT2D eigenvalue weighted by Crippen LogP contribution is 2.39. The topological polar surface area (TPSA) is 95.6 Å². The fraction of sp³-hybridized carbons (Fsp3) is 0.0526. The first-order valence-electron chi connectivity index (χ1n) is 8.04. The Morgan fingerprint density at radius 3 is 2.64 bits per heavy atom. The Morgan fingerprint density at radius 2 is 1.96 bits per heavy atom. The molecule has 0 atom stereocenters. The maximum atomic E-state index is 13.8. The van der Waals surface area contributed by atoms with Crippen LogP contribution in [0.2, 0.25) is 5.02 Å². The second-order valence-corrected chi connectivity index (χ2v) is 7.15. The zero-order chi connectivity index (χ0) is 19.8. The standard InChI is InChI=1S/C19H12ClFN2O4S/c20-10-6-4-9(5-7-10)11-8-28-18(14(11)19(25)26)23-16(24)17-22-15-12(21)2-1-3-13(15)27-17/h1-8,19,25-26H,(H,23,24). The maximum absolute atomic E-state index is 13.8. The van der Waals surface area contributed by atoms with Gasteiger partial charge in [0.05, 0.1) is 0 Å². The summed E-state index contributed by atoms with van der Waals surface area (Å²) >= 11 is 7.00. The van der Waals surface area contributed by atoms with Gasteiger partial charge in [0.25, 0.3) is 5.89 Å². The molecule has 9 heteroatoms. The molecule has 1 amide bonds. The highest BCUT2D eigenvalue weighted by Gasteiger charge is 2.23. The number of hydrogen-bond donors (Lipinski definition) is 3. The first-order valence-corrected chi connectivity index (χ1v) is 9.29. The number of halogens is 2. The third-order valence-electron chi connectivity index (χ3n) is 4.03. The van der Waals surface area contributed by atoms with Gasteiger partial charge in [-0.05, 0) is 29.8 Å². The van der Waals surface area contributed by atoms with E-state index in [0.717, 1.165) is 11.3 Å². The molecule has 0 aliphatic heterocycles. The summed E-state index contributed by atoms with van der Waals surface area (Å²) in [6, 6.07) is 11.0. The quantitative estimate of drug-likeness (QED) is 0.421. The monoisotopic (exact) mass is 418 g/mol. The molecule has 28 heavy (non-hydrogen) atoms. The first-order chi connectivity index (χ1) is 13.4. The number of carbonyl (C=O) groups is 1. The number of rotatable bonds is 4. The summed E-state index contributed by atoms with van der Waals surface area (Å²) < 4.78 is 19.0. The lowest BCUT2D eigenvalue weighted by Gasteiger charge is -2.10. The number of benzene rings is 2. The number of nitrogens with zero attached hydrogens (tertiary/aromatic N) is 1. The molecule has 4 rings (SSSR count). The number of thiophene rings is 1. The van der Waals surface area contributed by atoms with Crippen LogP contribution in [0.15, 0.2) is 52.3 Å². The number of aromatic nitrogens is 1. The Hall–Kier alpha value is -2.78. The van der Waals surface area contributed by atoms with Crippen LogP contribution in [0.3, 0.4) is 0 Å². The SMILES string of the molecule is O=C(Nc1scc(-c2ccc(Cl)cc2)c1C(O)O)c1nc2c(F)cccc2o1. The number of para-hydroxylation sites is 1. The second kappa shape index (κ2) is 7.33. The molecule has 0 fully saturated rings. The van der Waals surface area contributed by atoms with Crippen molar-refractivity contribution >= 4 is 44.9 Å². The molecular formula is C19H12ClFN2O4S. The molecule has 0 radical (unpaired) electrons. The number of amides is 1. The van der Waals surface area contributed by atoms with Gasteiger partial charge in [-0.2, -0.15) is 0 Å². The maximum Gasteiger partial charge on any atom is 0.312 e. The minimum absolute atomic E-state index is 0.0527. The van der Waals surface area contributed by atoms with Crippen LogP contribution in [0.25, 0.3) is 22.2 Å². The minimum atomic E-state index is -1.83. The Kier molecular flexibility index (Phi) is 4.86. The third kappa shape index (κ3) is 3.38. The number of anilines is 1. The third-order valence-corrected chi connectivity index (χ3v) is 5.20. The van der Waals surface area contributed by atoms with Crippen molar-refractivity contribution in [2.45, 2.75) is 6.29 Å². The van der Waals surface area contributed by atoms with Gasteiger partial charge >= 0.3 is 5.91 Å². The summed E-state index contributed by atoms with van der Waals surface area (Å²) in [7, 11) is 0. The van der Waals surface area contributed by atoms with Gasteiger partial charge in [-0.25, -0.2) is 9.37 Å².